The van der Waals surface area contributed by atoms with Crippen LogP contribution in [0.25, 0.3) is 5.70 Å². The molecule has 1 aromatic heterocycles. The molecule has 1 aromatic rings. The fourth-order valence-electron chi connectivity index (χ4n) is 3.10. The molecule has 5 nitrogen and oxygen atoms in total. The molecule has 0 spiro atoms. The first kappa shape index (κ1) is 18.2. The molecule has 0 amide bonds. The Morgan fingerprint density at radius 3 is 2.79 bits per heavy atom. The molecule has 1 saturated heterocycles. The van der Waals surface area contributed by atoms with E-state index < -0.39 is 0 Å². The van der Waals surface area contributed by atoms with Crippen molar-refractivity contribution in [3.8, 4) is 5.88 Å². The van der Waals surface area contributed by atoms with Crippen molar-refractivity contribution in [3.63, 3.8) is 0 Å². The minimum atomic E-state index is 0.452. The zero-order valence-corrected chi connectivity index (χ0v) is 15.1. The summed E-state index contributed by atoms with van der Waals surface area (Å²) in [4.78, 5) is 6.53. The van der Waals surface area contributed by atoms with Crippen LogP contribution in [0.2, 0.25) is 0 Å². The summed E-state index contributed by atoms with van der Waals surface area (Å²) in [7, 11) is 4.04. The number of ether oxygens (including phenoxy) is 1. The van der Waals surface area contributed by atoms with Gasteiger partial charge in [-0.05, 0) is 58.1 Å². The number of hydrogen-bond donors (Lipinski definition) is 0. The predicted octanol–water partition coefficient (Wildman–Crippen LogP) is 3.38. The Balaban J connectivity index is 2.27. The number of likely N-dealkylation sites (N-methyl/N-ethyl adjacent to an activating group) is 1. The van der Waals surface area contributed by atoms with Gasteiger partial charge in [0.15, 0.2) is 0 Å². The second-order valence-electron chi connectivity index (χ2n) is 6.32. The van der Waals surface area contributed by atoms with Gasteiger partial charge < -0.3 is 9.64 Å². The standard InChI is InChI=1S/C19H28N4O/c1-7-9-14(2)12-17(20-4)18-15(3)21-23(6)19(18)24-13-16-10-8-11-22(16)5/h7,12,16H,1-2,4,8-11,13H2,3,5-6H3/b17-12-. The van der Waals surface area contributed by atoms with Gasteiger partial charge in [0, 0.05) is 13.1 Å². The minimum absolute atomic E-state index is 0.452. The number of allylic oxidation sites excluding steroid dienone is 3. The monoisotopic (exact) mass is 328 g/mol. The van der Waals surface area contributed by atoms with Gasteiger partial charge in [0.2, 0.25) is 5.88 Å². The molecular formula is C19H28N4O. The van der Waals surface area contributed by atoms with Crippen LogP contribution in [-0.2, 0) is 7.05 Å². The first-order valence-corrected chi connectivity index (χ1v) is 8.32. The van der Waals surface area contributed by atoms with Crippen molar-refractivity contribution >= 4 is 12.4 Å². The molecular weight excluding hydrogens is 300 g/mol. The molecule has 1 aliphatic rings. The van der Waals surface area contributed by atoms with Crippen LogP contribution < -0.4 is 4.74 Å². The van der Waals surface area contributed by atoms with Gasteiger partial charge >= 0.3 is 0 Å². The molecule has 1 unspecified atom stereocenters. The smallest absolute Gasteiger partial charge is 0.221 e. The van der Waals surface area contributed by atoms with E-state index in [9.17, 15) is 0 Å². The van der Waals surface area contributed by atoms with Gasteiger partial charge in [-0.25, -0.2) is 4.68 Å². The average molecular weight is 328 g/mol. The SMILES string of the molecule is C=CCC(=C)/C=C(\N=C)c1c(C)nn(C)c1OCC1CCCN1C. The third-order valence-electron chi connectivity index (χ3n) is 4.43. The van der Waals surface area contributed by atoms with Gasteiger partial charge in [0.1, 0.15) is 6.61 Å². The topological polar surface area (TPSA) is 42.6 Å². The highest BCUT2D eigenvalue weighted by Gasteiger charge is 2.24. The van der Waals surface area contributed by atoms with Crippen molar-refractivity contribution in [1.82, 2.24) is 14.7 Å². The number of aromatic nitrogens is 2. The fourth-order valence-corrected chi connectivity index (χ4v) is 3.10. The molecule has 1 fully saturated rings. The van der Waals surface area contributed by atoms with Crippen LogP contribution in [0.1, 0.15) is 30.5 Å². The van der Waals surface area contributed by atoms with Crippen molar-refractivity contribution in [2.75, 3.05) is 20.2 Å². The summed E-state index contributed by atoms with van der Waals surface area (Å²) >= 11 is 0. The molecule has 130 valence electrons. The number of rotatable bonds is 8. The summed E-state index contributed by atoms with van der Waals surface area (Å²) in [6, 6.07) is 0.452. The molecule has 1 atom stereocenters. The van der Waals surface area contributed by atoms with Gasteiger partial charge in [-0.3, -0.25) is 4.99 Å². The number of aryl methyl sites for hydroxylation is 2. The second-order valence-corrected chi connectivity index (χ2v) is 6.32. The Hall–Kier alpha value is -2.14. The highest BCUT2D eigenvalue weighted by molar-refractivity contribution is 5.74. The second kappa shape index (κ2) is 8.11. The number of likely N-dealkylation sites (tertiary alicyclic amines) is 1. The molecule has 24 heavy (non-hydrogen) atoms. The molecule has 2 heterocycles. The Morgan fingerprint density at radius 1 is 1.46 bits per heavy atom. The molecule has 2 rings (SSSR count). The van der Waals surface area contributed by atoms with Crippen LogP contribution >= 0.6 is 0 Å². The van der Waals surface area contributed by atoms with Gasteiger partial charge in [0.25, 0.3) is 0 Å². The van der Waals surface area contributed by atoms with Gasteiger partial charge in [-0.15, -0.1) is 6.58 Å². The van der Waals surface area contributed by atoms with Crippen LogP contribution in [-0.4, -0.2) is 47.6 Å². The highest BCUT2D eigenvalue weighted by Crippen LogP contribution is 2.31. The van der Waals surface area contributed by atoms with Gasteiger partial charge in [-0.1, -0.05) is 12.7 Å². The van der Waals surface area contributed by atoms with E-state index in [1.54, 1.807) is 4.68 Å². The van der Waals surface area contributed by atoms with E-state index in [4.69, 9.17) is 4.74 Å². The van der Waals surface area contributed by atoms with Crippen LogP contribution in [0, 0.1) is 6.92 Å². The van der Waals surface area contributed by atoms with Crippen molar-refractivity contribution < 1.29 is 4.74 Å². The first-order valence-electron chi connectivity index (χ1n) is 8.32. The number of aliphatic imine (C=N–C) groups is 1. The molecule has 0 aromatic carbocycles. The maximum Gasteiger partial charge on any atom is 0.221 e. The summed E-state index contributed by atoms with van der Waals surface area (Å²) in [5.41, 5.74) is 3.43. The van der Waals surface area contributed by atoms with E-state index in [1.807, 2.05) is 26.1 Å². The zero-order valence-electron chi connectivity index (χ0n) is 15.1. The van der Waals surface area contributed by atoms with Gasteiger partial charge in [0.05, 0.1) is 17.0 Å². The lowest BCUT2D eigenvalue weighted by molar-refractivity contribution is 0.187. The van der Waals surface area contributed by atoms with Crippen LogP contribution in [0.3, 0.4) is 0 Å². The fraction of sp³-hybridized carbons (Fsp3) is 0.474. The van der Waals surface area contributed by atoms with E-state index in [0.717, 1.165) is 35.0 Å². The minimum Gasteiger partial charge on any atom is -0.476 e. The van der Waals surface area contributed by atoms with E-state index in [-0.39, 0.29) is 0 Å². The number of hydrogen-bond acceptors (Lipinski definition) is 4. The molecule has 0 saturated carbocycles. The Bertz CT molecular complexity index is 657. The van der Waals surface area contributed by atoms with Crippen LogP contribution in [0.4, 0.5) is 0 Å². The van der Waals surface area contributed by atoms with Crippen molar-refractivity contribution in [3.05, 3.63) is 42.1 Å². The summed E-state index contributed by atoms with van der Waals surface area (Å²) in [6.07, 6.45) is 6.85. The average Bonchev–Trinajstić information content (AvgIpc) is 3.06. The molecule has 0 bridgehead atoms. The maximum atomic E-state index is 6.15. The lowest BCUT2D eigenvalue weighted by atomic mass is 10.1. The predicted molar refractivity (Wildman–Crippen MR) is 101 cm³/mol. The van der Waals surface area contributed by atoms with E-state index in [1.165, 1.54) is 12.8 Å². The Labute approximate surface area is 145 Å². The first-order chi connectivity index (χ1) is 11.5. The summed E-state index contributed by atoms with van der Waals surface area (Å²) in [5.74, 6) is 0.734. The third kappa shape index (κ3) is 4.03. The quantitative estimate of drug-likeness (QED) is 0.417. The maximum absolute atomic E-state index is 6.15. The van der Waals surface area contributed by atoms with E-state index in [0.29, 0.717) is 19.1 Å². The van der Waals surface area contributed by atoms with Crippen LogP contribution in [0.15, 0.2) is 35.9 Å². The normalized spacial score (nSPS) is 18.6. The Kier molecular flexibility index (Phi) is 6.15. The lowest BCUT2D eigenvalue weighted by Gasteiger charge is -2.20. The molecule has 0 aliphatic carbocycles. The Morgan fingerprint density at radius 2 is 2.21 bits per heavy atom. The van der Waals surface area contributed by atoms with Crippen LogP contribution in [0.5, 0.6) is 5.88 Å². The van der Waals surface area contributed by atoms with Crippen molar-refractivity contribution in [2.45, 2.75) is 32.2 Å². The molecule has 1 aliphatic heterocycles. The largest absolute Gasteiger partial charge is 0.476 e. The molecule has 0 radical (unpaired) electrons. The summed E-state index contributed by atoms with van der Waals surface area (Å²) in [5, 5.41) is 4.50. The van der Waals surface area contributed by atoms with Crippen molar-refractivity contribution in [1.29, 1.82) is 0 Å². The highest BCUT2D eigenvalue weighted by atomic mass is 16.5. The zero-order chi connectivity index (χ0) is 17.7. The third-order valence-corrected chi connectivity index (χ3v) is 4.43. The molecule has 5 heteroatoms. The summed E-state index contributed by atoms with van der Waals surface area (Å²) < 4.78 is 7.92. The lowest BCUT2D eigenvalue weighted by Crippen LogP contribution is -2.31. The summed E-state index contributed by atoms with van der Waals surface area (Å²) in [6.45, 7) is 15.2. The van der Waals surface area contributed by atoms with E-state index >= 15 is 0 Å². The van der Waals surface area contributed by atoms with E-state index in [2.05, 4.69) is 41.9 Å². The van der Waals surface area contributed by atoms with Crippen molar-refractivity contribution in [2.24, 2.45) is 12.0 Å². The number of nitrogens with zero attached hydrogens (tertiary/aromatic N) is 4. The van der Waals surface area contributed by atoms with Gasteiger partial charge in [-0.2, -0.15) is 5.10 Å². The molecule has 0 N–H and O–H groups in total.